The van der Waals surface area contributed by atoms with E-state index in [4.69, 9.17) is 4.74 Å². The van der Waals surface area contributed by atoms with E-state index in [-0.39, 0.29) is 0 Å². The Kier molecular flexibility index (Phi) is 4.60. The van der Waals surface area contributed by atoms with Gasteiger partial charge in [-0.2, -0.15) is 0 Å². The number of benzene rings is 2. The van der Waals surface area contributed by atoms with Crippen LogP contribution in [-0.4, -0.2) is 5.11 Å². The fourth-order valence-corrected chi connectivity index (χ4v) is 2.21. The molecule has 0 spiro atoms. The highest BCUT2D eigenvalue weighted by atomic mass is 127. The molecule has 1 atom stereocenters. The van der Waals surface area contributed by atoms with Crippen LogP contribution in [0, 0.1) is 3.57 Å². The summed E-state index contributed by atoms with van der Waals surface area (Å²) in [6.07, 6.45) is 0.189. The zero-order chi connectivity index (χ0) is 13.0. The van der Waals surface area contributed by atoms with Crippen molar-refractivity contribution in [3.05, 3.63) is 57.7 Å². The van der Waals surface area contributed by atoms with Crippen molar-refractivity contribution in [1.29, 1.82) is 0 Å². The Morgan fingerprint density at radius 2 is 1.67 bits per heavy atom. The summed E-state index contributed by atoms with van der Waals surface area (Å²) in [5.41, 5.74) is 0.833. The quantitative estimate of drug-likeness (QED) is 0.818. The minimum atomic E-state index is -0.484. The van der Waals surface area contributed by atoms with Gasteiger partial charge in [0.1, 0.15) is 11.5 Å². The Bertz CT molecular complexity index is 525. The average Bonchev–Trinajstić information content (AvgIpc) is 2.41. The van der Waals surface area contributed by atoms with E-state index >= 15 is 0 Å². The highest BCUT2D eigenvalue weighted by molar-refractivity contribution is 14.1. The summed E-state index contributed by atoms with van der Waals surface area (Å²) < 4.78 is 6.95. The molecule has 0 heterocycles. The molecule has 2 aromatic carbocycles. The molecule has 94 valence electrons. The third kappa shape index (κ3) is 3.03. The first-order valence-corrected chi connectivity index (χ1v) is 6.99. The molecular formula is C15H15IO2. The standard InChI is InChI=1S/C15H15IO2/c1-2-13(17)11-7-3-5-9-14(11)18-15-10-6-4-8-12(15)16/h3-10,13,17H,2H2,1H3/t13-/m1/s1. The van der Waals surface area contributed by atoms with Gasteiger partial charge in [-0.3, -0.25) is 0 Å². The molecule has 2 nitrogen and oxygen atoms in total. The van der Waals surface area contributed by atoms with Crippen LogP contribution >= 0.6 is 22.6 Å². The lowest BCUT2D eigenvalue weighted by Crippen LogP contribution is -1.99. The van der Waals surface area contributed by atoms with Crippen molar-refractivity contribution in [3.63, 3.8) is 0 Å². The monoisotopic (exact) mass is 354 g/mol. The second-order valence-corrected chi connectivity index (χ2v) is 5.16. The van der Waals surface area contributed by atoms with Gasteiger partial charge >= 0.3 is 0 Å². The van der Waals surface area contributed by atoms with Gasteiger partial charge < -0.3 is 9.84 Å². The molecule has 0 aliphatic rings. The first-order chi connectivity index (χ1) is 8.72. The molecule has 0 aliphatic carbocycles. The van der Waals surface area contributed by atoms with Crippen molar-refractivity contribution >= 4 is 22.6 Å². The van der Waals surface area contributed by atoms with Crippen LogP contribution in [0.25, 0.3) is 0 Å². The molecule has 0 aromatic heterocycles. The van der Waals surface area contributed by atoms with Gasteiger partial charge in [0.15, 0.2) is 0 Å². The normalized spacial score (nSPS) is 12.2. The predicted molar refractivity (Wildman–Crippen MR) is 80.9 cm³/mol. The topological polar surface area (TPSA) is 29.5 Å². The smallest absolute Gasteiger partial charge is 0.140 e. The second-order valence-electron chi connectivity index (χ2n) is 3.99. The maximum absolute atomic E-state index is 9.98. The summed E-state index contributed by atoms with van der Waals surface area (Å²) in [5, 5.41) is 9.98. The summed E-state index contributed by atoms with van der Waals surface area (Å²) in [7, 11) is 0. The van der Waals surface area contributed by atoms with Gasteiger partial charge in [-0.15, -0.1) is 0 Å². The molecule has 0 amide bonds. The fourth-order valence-electron chi connectivity index (χ4n) is 1.71. The maximum Gasteiger partial charge on any atom is 0.140 e. The van der Waals surface area contributed by atoms with Crippen molar-refractivity contribution in [1.82, 2.24) is 0 Å². The van der Waals surface area contributed by atoms with E-state index in [2.05, 4.69) is 22.6 Å². The predicted octanol–water partition coefficient (Wildman–Crippen LogP) is 4.53. The Balaban J connectivity index is 2.32. The van der Waals surface area contributed by atoms with E-state index in [1.807, 2.05) is 55.5 Å². The molecule has 2 rings (SSSR count). The molecule has 0 fully saturated rings. The van der Waals surface area contributed by atoms with Crippen LogP contribution < -0.4 is 4.74 Å². The molecular weight excluding hydrogens is 339 g/mol. The molecule has 3 heteroatoms. The number of ether oxygens (including phenoxy) is 1. The van der Waals surface area contributed by atoms with Crippen molar-refractivity contribution in [2.24, 2.45) is 0 Å². The average molecular weight is 354 g/mol. The Labute approximate surface area is 121 Å². The fraction of sp³-hybridized carbons (Fsp3) is 0.200. The second kappa shape index (κ2) is 6.20. The largest absolute Gasteiger partial charge is 0.456 e. The van der Waals surface area contributed by atoms with E-state index in [1.165, 1.54) is 0 Å². The van der Waals surface area contributed by atoms with Crippen LogP contribution in [0.15, 0.2) is 48.5 Å². The molecule has 2 aromatic rings. The number of hydrogen-bond donors (Lipinski definition) is 1. The van der Waals surface area contributed by atoms with Crippen LogP contribution in [0.2, 0.25) is 0 Å². The Morgan fingerprint density at radius 1 is 1.06 bits per heavy atom. The van der Waals surface area contributed by atoms with Gasteiger partial charge in [-0.1, -0.05) is 37.3 Å². The highest BCUT2D eigenvalue weighted by Crippen LogP contribution is 2.32. The van der Waals surface area contributed by atoms with E-state index in [0.717, 1.165) is 20.6 Å². The van der Waals surface area contributed by atoms with Crippen molar-refractivity contribution in [2.45, 2.75) is 19.4 Å². The minimum Gasteiger partial charge on any atom is -0.456 e. The van der Waals surface area contributed by atoms with Gasteiger partial charge in [0, 0.05) is 5.56 Å². The zero-order valence-corrected chi connectivity index (χ0v) is 12.3. The molecule has 1 N–H and O–H groups in total. The molecule has 0 radical (unpaired) electrons. The van der Waals surface area contributed by atoms with Gasteiger partial charge in [-0.25, -0.2) is 0 Å². The van der Waals surface area contributed by atoms with Crippen molar-refractivity contribution in [2.75, 3.05) is 0 Å². The first-order valence-electron chi connectivity index (χ1n) is 5.91. The minimum absolute atomic E-state index is 0.484. The number of para-hydroxylation sites is 2. The van der Waals surface area contributed by atoms with Crippen LogP contribution in [0.1, 0.15) is 25.0 Å². The van der Waals surface area contributed by atoms with Crippen LogP contribution in [0.3, 0.4) is 0 Å². The van der Waals surface area contributed by atoms with Gasteiger partial charge in [0.2, 0.25) is 0 Å². The zero-order valence-electron chi connectivity index (χ0n) is 10.1. The summed E-state index contributed by atoms with van der Waals surface area (Å²) in [4.78, 5) is 0. The number of aliphatic hydroxyl groups excluding tert-OH is 1. The van der Waals surface area contributed by atoms with E-state index < -0.39 is 6.10 Å². The lowest BCUT2D eigenvalue weighted by molar-refractivity contribution is 0.170. The number of halogens is 1. The lowest BCUT2D eigenvalue weighted by Gasteiger charge is -2.15. The van der Waals surface area contributed by atoms with Crippen LogP contribution in [0.4, 0.5) is 0 Å². The third-order valence-corrected chi connectivity index (χ3v) is 3.61. The summed E-state index contributed by atoms with van der Waals surface area (Å²) in [6.45, 7) is 1.95. The molecule has 0 bridgehead atoms. The van der Waals surface area contributed by atoms with Crippen molar-refractivity contribution in [3.8, 4) is 11.5 Å². The Hall–Kier alpha value is -1.07. The SMILES string of the molecule is CC[C@@H](O)c1ccccc1Oc1ccccc1I. The molecule has 18 heavy (non-hydrogen) atoms. The maximum atomic E-state index is 9.98. The number of rotatable bonds is 4. The van der Waals surface area contributed by atoms with E-state index in [1.54, 1.807) is 0 Å². The van der Waals surface area contributed by atoms with Gasteiger partial charge in [-0.05, 0) is 47.2 Å². The first kappa shape index (κ1) is 13.4. The lowest BCUT2D eigenvalue weighted by atomic mass is 10.1. The van der Waals surface area contributed by atoms with Gasteiger partial charge in [0.05, 0.1) is 9.67 Å². The van der Waals surface area contributed by atoms with Gasteiger partial charge in [0.25, 0.3) is 0 Å². The summed E-state index contributed by atoms with van der Waals surface area (Å²) >= 11 is 2.24. The Morgan fingerprint density at radius 3 is 2.33 bits per heavy atom. The van der Waals surface area contributed by atoms with Crippen LogP contribution in [-0.2, 0) is 0 Å². The van der Waals surface area contributed by atoms with E-state index in [9.17, 15) is 5.11 Å². The third-order valence-electron chi connectivity index (χ3n) is 2.72. The molecule has 0 aliphatic heterocycles. The molecule has 0 unspecified atom stereocenters. The highest BCUT2D eigenvalue weighted by Gasteiger charge is 2.12. The number of aliphatic hydroxyl groups is 1. The van der Waals surface area contributed by atoms with Crippen LogP contribution in [0.5, 0.6) is 11.5 Å². The van der Waals surface area contributed by atoms with E-state index in [0.29, 0.717) is 6.42 Å². The summed E-state index contributed by atoms with van der Waals surface area (Å²) in [6, 6.07) is 15.5. The van der Waals surface area contributed by atoms with Crippen molar-refractivity contribution < 1.29 is 9.84 Å². The number of hydrogen-bond acceptors (Lipinski definition) is 2. The molecule has 0 saturated heterocycles. The molecule has 0 saturated carbocycles. The summed E-state index contributed by atoms with van der Waals surface area (Å²) in [5.74, 6) is 1.53.